The van der Waals surface area contributed by atoms with Crippen LogP contribution in [0.1, 0.15) is 24.2 Å². The molecule has 0 aliphatic heterocycles. The number of amides is 1. The van der Waals surface area contributed by atoms with Crippen LogP contribution in [0.4, 0.5) is 5.69 Å². The molecule has 3 rings (SSSR count). The summed E-state index contributed by atoms with van der Waals surface area (Å²) in [5.74, 6) is -0.837. The van der Waals surface area contributed by atoms with E-state index in [0.717, 1.165) is 11.1 Å². The van der Waals surface area contributed by atoms with Gasteiger partial charge in [-0.3, -0.25) is 4.79 Å². The first-order valence-corrected chi connectivity index (χ1v) is 8.94. The molecular formula is C21H19ClN2O3. The fourth-order valence-electron chi connectivity index (χ4n) is 2.83. The van der Waals surface area contributed by atoms with Crippen molar-refractivity contribution in [3.8, 4) is 0 Å². The zero-order valence-electron chi connectivity index (χ0n) is 15.1. The number of halogens is 1. The van der Waals surface area contributed by atoms with Crippen molar-refractivity contribution >= 4 is 40.1 Å². The summed E-state index contributed by atoms with van der Waals surface area (Å²) < 4.78 is 5.24. The summed E-state index contributed by atoms with van der Waals surface area (Å²) in [6.45, 7) is 3.49. The van der Waals surface area contributed by atoms with Gasteiger partial charge < -0.3 is 9.64 Å². The van der Waals surface area contributed by atoms with Crippen LogP contribution >= 0.6 is 11.6 Å². The summed E-state index contributed by atoms with van der Waals surface area (Å²) in [6.07, 6.45) is 0. The van der Waals surface area contributed by atoms with Gasteiger partial charge in [0.2, 0.25) is 0 Å². The van der Waals surface area contributed by atoms with Gasteiger partial charge in [0.15, 0.2) is 6.61 Å². The van der Waals surface area contributed by atoms with Gasteiger partial charge in [0.05, 0.1) is 11.1 Å². The predicted octanol–water partition coefficient (Wildman–Crippen LogP) is 4.49. The average Bonchev–Trinajstić information content (AvgIpc) is 2.66. The highest BCUT2D eigenvalue weighted by molar-refractivity contribution is 6.29. The molecule has 138 valence electrons. The number of ether oxygens (including phenoxy) is 1. The number of nitrogens with zero attached hydrogens (tertiary/aromatic N) is 2. The molecule has 6 heteroatoms. The Labute approximate surface area is 162 Å². The smallest absolute Gasteiger partial charge is 0.338 e. The molecule has 0 bridgehead atoms. The van der Waals surface area contributed by atoms with E-state index < -0.39 is 5.97 Å². The molecule has 1 aromatic heterocycles. The lowest BCUT2D eigenvalue weighted by Crippen LogP contribution is -2.39. The zero-order valence-corrected chi connectivity index (χ0v) is 15.8. The molecule has 0 N–H and O–H groups in total. The van der Waals surface area contributed by atoms with Crippen LogP contribution in [0, 0.1) is 0 Å². The lowest BCUT2D eigenvalue weighted by molar-refractivity contribution is -0.122. The second-order valence-electron chi connectivity index (χ2n) is 6.31. The minimum Gasteiger partial charge on any atom is -0.452 e. The standard InChI is InChI=1S/C21H19ClN2O3/c1-14(2)24(17-6-4-3-5-7-17)20(25)13-27-21(26)16-8-10-18-15(12-16)9-11-19(22)23-18/h3-12,14H,13H2,1-2H3. The maximum Gasteiger partial charge on any atom is 0.338 e. The van der Waals surface area contributed by atoms with E-state index in [1.165, 1.54) is 0 Å². The molecule has 1 amide bonds. The van der Waals surface area contributed by atoms with Crippen LogP contribution in [-0.4, -0.2) is 29.5 Å². The van der Waals surface area contributed by atoms with Crippen LogP contribution in [0.2, 0.25) is 5.15 Å². The molecule has 0 saturated heterocycles. The van der Waals surface area contributed by atoms with Gasteiger partial charge in [0, 0.05) is 17.1 Å². The second-order valence-corrected chi connectivity index (χ2v) is 6.70. The average molecular weight is 383 g/mol. The van der Waals surface area contributed by atoms with Crippen LogP contribution in [0.3, 0.4) is 0 Å². The fraction of sp³-hybridized carbons (Fsp3) is 0.190. The van der Waals surface area contributed by atoms with Crippen molar-refractivity contribution in [3.63, 3.8) is 0 Å². The van der Waals surface area contributed by atoms with Gasteiger partial charge in [-0.15, -0.1) is 0 Å². The van der Waals surface area contributed by atoms with E-state index >= 15 is 0 Å². The molecule has 0 atom stereocenters. The van der Waals surface area contributed by atoms with Crippen LogP contribution in [0.5, 0.6) is 0 Å². The van der Waals surface area contributed by atoms with Crippen LogP contribution in [0.25, 0.3) is 10.9 Å². The number of esters is 1. The monoisotopic (exact) mass is 382 g/mol. The molecule has 3 aromatic rings. The molecule has 0 saturated carbocycles. The molecule has 0 radical (unpaired) electrons. The van der Waals surface area contributed by atoms with E-state index in [0.29, 0.717) is 16.2 Å². The van der Waals surface area contributed by atoms with Crippen molar-refractivity contribution in [2.24, 2.45) is 0 Å². The van der Waals surface area contributed by atoms with E-state index in [1.54, 1.807) is 35.2 Å². The summed E-state index contributed by atoms with van der Waals surface area (Å²) in [5, 5.41) is 1.16. The third-order valence-corrected chi connectivity index (χ3v) is 4.25. The number of para-hydroxylation sites is 1. The molecular weight excluding hydrogens is 364 g/mol. The van der Waals surface area contributed by atoms with E-state index in [-0.39, 0.29) is 18.6 Å². The lowest BCUT2D eigenvalue weighted by Gasteiger charge is -2.26. The third-order valence-electron chi connectivity index (χ3n) is 4.04. The van der Waals surface area contributed by atoms with Crippen molar-refractivity contribution in [1.29, 1.82) is 0 Å². The molecule has 0 unspecified atom stereocenters. The number of fused-ring (bicyclic) bond motifs is 1. The molecule has 0 fully saturated rings. The maximum atomic E-state index is 12.6. The van der Waals surface area contributed by atoms with Gasteiger partial charge in [-0.2, -0.15) is 0 Å². The third kappa shape index (κ3) is 4.44. The van der Waals surface area contributed by atoms with E-state index in [9.17, 15) is 9.59 Å². The molecule has 0 aliphatic carbocycles. The highest BCUT2D eigenvalue weighted by Crippen LogP contribution is 2.19. The normalized spacial score (nSPS) is 10.8. The topological polar surface area (TPSA) is 59.5 Å². The Morgan fingerprint density at radius 2 is 1.81 bits per heavy atom. The summed E-state index contributed by atoms with van der Waals surface area (Å²) in [5.41, 5.74) is 1.81. The Bertz CT molecular complexity index is 974. The lowest BCUT2D eigenvalue weighted by atomic mass is 10.1. The maximum absolute atomic E-state index is 12.6. The van der Waals surface area contributed by atoms with Gasteiger partial charge in [0.1, 0.15) is 5.15 Å². The predicted molar refractivity (Wildman–Crippen MR) is 106 cm³/mol. The quantitative estimate of drug-likeness (QED) is 0.482. The number of anilines is 1. The number of hydrogen-bond acceptors (Lipinski definition) is 4. The first-order valence-electron chi connectivity index (χ1n) is 8.56. The number of aromatic nitrogens is 1. The minimum atomic E-state index is -0.558. The summed E-state index contributed by atoms with van der Waals surface area (Å²) in [4.78, 5) is 30.7. The first-order chi connectivity index (χ1) is 13.0. The number of pyridine rings is 1. The molecule has 5 nitrogen and oxygen atoms in total. The Hall–Kier alpha value is -2.92. The second kappa shape index (κ2) is 8.18. The SMILES string of the molecule is CC(C)N(C(=O)COC(=O)c1ccc2nc(Cl)ccc2c1)c1ccccc1. The van der Waals surface area contributed by atoms with Gasteiger partial charge in [-0.05, 0) is 56.3 Å². The number of carbonyl (C=O) groups is 2. The van der Waals surface area contributed by atoms with Gasteiger partial charge in [-0.25, -0.2) is 9.78 Å². The van der Waals surface area contributed by atoms with Crippen molar-refractivity contribution in [2.75, 3.05) is 11.5 Å². The molecule has 0 aliphatic rings. The zero-order chi connectivity index (χ0) is 19.4. The van der Waals surface area contributed by atoms with Gasteiger partial charge >= 0.3 is 5.97 Å². The Morgan fingerprint density at radius 3 is 2.52 bits per heavy atom. The van der Waals surface area contributed by atoms with Gasteiger partial charge in [-0.1, -0.05) is 29.8 Å². The van der Waals surface area contributed by atoms with Crippen LogP contribution < -0.4 is 4.90 Å². The van der Waals surface area contributed by atoms with E-state index in [4.69, 9.17) is 16.3 Å². The number of carbonyl (C=O) groups excluding carboxylic acids is 2. The molecule has 0 spiro atoms. The van der Waals surface area contributed by atoms with Crippen LogP contribution in [-0.2, 0) is 9.53 Å². The van der Waals surface area contributed by atoms with E-state index in [2.05, 4.69) is 4.98 Å². The highest BCUT2D eigenvalue weighted by atomic mass is 35.5. The van der Waals surface area contributed by atoms with Gasteiger partial charge in [0.25, 0.3) is 5.91 Å². The largest absolute Gasteiger partial charge is 0.452 e. The first kappa shape index (κ1) is 18.9. The summed E-state index contributed by atoms with van der Waals surface area (Å²) >= 11 is 5.87. The number of rotatable bonds is 5. The Kier molecular flexibility index (Phi) is 5.72. The summed E-state index contributed by atoms with van der Waals surface area (Å²) in [6, 6.07) is 17.7. The highest BCUT2D eigenvalue weighted by Gasteiger charge is 2.20. The van der Waals surface area contributed by atoms with E-state index in [1.807, 2.05) is 44.2 Å². The van der Waals surface area contributed by atoms with Crippen molar-refractivity contribution in [2.45, 2.75) is 19.9 Å². The fourth-order valence-corrected chi connectivity index (χ4v) is 2.98. The molecule has 1 heterocycles. The number of hydrogen-bond donors (Lipinski definition) is 0. The van der Waals surface area contributed by atoms with Crippen LogP contribution in [0.15, 0.2) is 60.7 Å². The summed E-state index contributed by atoms with van der Waals surface area (Å²) in [7, 11) is 0. The van der Waals surface area contributed by atoms with Crippen molar-refractivity contribution in [3.05, 3.63) is 71.4 Å². The minimum absolute atomic E-state index is 0.0601. The Morgan fingerprint density at radius 1 is 1.07 bits per heavy atom. The molecule has 2 aromatic carbocycles. The molecule has 27 heavy (non-hydrogen) atoms. The van der Waals surface area contributed by atoms with Crippen molar-refractivity contribution < 1.29 is 14.3 Å². The Balaban J connectivity index is 1.70. The number of benzene rings is 2. The van der Waals surface area contributed by atoms with Crippen molar-refractivity contribution in [1.82, 2.24) is 4.98 Å².